The van der Waals surface area contributed by atoms with Gasteiger partial charge in [0.05, 0.1) is 12.2 Å². The number of halogens is 1. The van der Waals surface area contributed by atoms with Crippen molar-refractivity contribution in [1.82, 2.24) is 9.55 Å². The summed E-state index contributed by atoms with van der Waals surface area (Å²) in [5, 5.41) is 0. The normalized spacial score (nSPS) is 10.0. The van der Waals surface area contributed by atoms with Gasteiger partial charge in [0.1, 0.15) is 11.6 Å². The zero-order valence-corrected chi connectivity index (χ0v) is 13.2. The predicted octanol–water partition coefficient (Wildman–Crippen LogP) is 3.33. The molecule has 1 aromatic heterocycles. The molecule has 1 heterocycles. The number of aryl methyl sites for hydroxylation is 2. The Hall–Kier alpha value is -1.92. The second-order valence-electron chi connectivity index (χ2n) is 4.79. The van der Waals surface area contributed by atoms with Gasteiger partial charge in [-0.15, -0.1) is 11.6 Å². The zero-order chi connectivity index (χ0) is 15.1. The molecule has 0 saturated heterocycles. The third kappa shape index (κ3) is 4.54. The zero-order valence-electron chi connectivity index (χ0n) is 12.4. The van der Waals surface area contributed by atoms with E-state index in [0.29, 0.717) is 18.9 Å². The van der Waals surface area contributed by atoms with E-state index in [9.17, 15) is 0 Å². The molecule has 0 radical (unpaired) electrons. The summed E-state index contributed by atoms with van der Waals surface area (Å²) in [6.07, 6.45) is 5.18. The van der Waals surface area contributed by atoms with Crippen molar-refractivity contribution in [1.29, 1.82) is 0 Å². The van der Waals surface area contributed by atoms with Crippen LogP contribution in [-0.4, -0.2) is 22.0 Å². The molecule has 0 fully saturated rings. The summed E-state index contributed by atoms with van der Waals surface area (Å²) >= 11 is 5.65. The fourth-order valence-corrected chi connectivity index (χ4v) is 2.06. The van der Waals surface area contributed by atoms with Crippen LogP contribution >= 0.6 is 11.6 Å². The quantitative estimate of drug-likeness (QED) is 0.626. The first kappa shape index (κ1) is 15.5. The van der Waals surface area contributed by atoms with Gasteiger partial charge in [-0.25, -0.2) is 4.98 Å². The Bertz CT molecular complexity index is 652. The van der Waals surface area contributed by atoms with Crippen molar-refractivity contribution in [3.05, 3.63) is 47.5 Å². The maximum atomic E-state index is 5.86. The van der Waals surface area contributed by atoms with Gasteiger partial charge < -0.3 is 9.30 Å². The van der Waals surface area contributed by atoms with Gasteiger partial charge in [-0.2, -0.15) is 0 Å². The lowest BCUT2D eigenvalue weighted by atomic mass is 10.1. The Morgan fingerprint density at radius 1 is 1.38 bits per heavy atom. The minimum absolute atomic E-state index is 0.550. The van der Waals surface area contributed by atoms with Crippen LogP contribution in [0.2, 0.25) is 0 Å². The first-order valence-corrected chi connectivity index (χ1v) is 7.48. The maximum Gasteiger partial charge on any atom is 0.134 e. The molecule has 0 aliphatic rings. The second kappa shape index (κ2) is 7.75. The highest BCUT2D eigenvalue weighted by atomic mass is 35.5. The van der Waals surface area contributed by atoms with E-state index in [-0.39, 0.29) is 0 Å². The van der Waals surface area contributed by atoms with E-state index in [1.165, 1.54) is 5.56 Å². The van der Waals surface area contributed by atoms with Crippen LogP contribution in [0, 0.1) is 18.8 Å². The second-order valence-corrected chi connectivity index (χ2v) is 5.17. The summed E-state index contributed by atoms with van der Waals surface area (Å²) in [4.78, 5) is 4.28. The molecule has 0 amide bonds. The fourth-order valence-electron chi connectivity index (χ4n) is 1.96. The summed E-state index contributed by atoms with van der Waals surface area (Å²) in [5.74, 6) is 8.56. The number of benzene rings is 1. The van der Waals surface area contributed by atoms with Crippen molar-refractivity contribution in [3.63, 3.8) is 0 Å². The van der Waals surface area contributed by atoms with Crippen molar-refractivity contribution in [2.75, 3.05) is 12.5 Å². The Labute approximate surface area is 130 Å². The largest absolute Gasteiger partial charge is 0.492 e. The number of alkyl halides is 1. The molecule has 0 bridgehead atoms. The molecule has 0 saturated carbocycles. The van der Waals surface area contributed by atoms with Crippen LogP contribution < -0.4 is 4.74 Å². The number of hydrogen-bond acceptors (Lipinski definition) is 2. The Balaban J connectivity index is 2.02. The Morgan fingerprint density at radius 2 is 2.24 bits per heavy atom. The van der Waals surface area contributed by atoms with Crippen LogP contribution in [0.5, 0.6) is 5.75 Å². The highest BCUT2D eigenvalue weighted by Crippen LogP contribution is 2.19. The van der Waals surface area contributed by atoms with Gasteiger partial charge in [-0.1, -0.05) is 17.9 Å². The van der Waals surface area contributed by atoms with Crippen LogP contribution in [0.4, 0.5) is 0 Å². The molecule has 0 spiro atoms. The van der Waals surface area contributed by atoms with E-state index in [0.717, 1.165) is 23.6 Å². The van der Waals surface area contributed by atoms with Crippen LogP contribution in [0.1, 0.15) is 23.4 Å². The lowest BCUT2D eigenvalue weighted by Gasteiger charge is -2.09. The van der Waals surface area contributed by atoms with E-state index >= 15 is 0 Å². The first-order valence-electron chi connectivity index (χ1n) is 6.95. The highest BCUT2D eigenvalue weighted by molar-refractivity contribution is 6.18. The van der Waals surface area contributed by atoms with E-state index in [4.69, 9.17) is 16.3 Å². The third-order valence-electron chi connectivity index (χ3n) is 3.08. The van der Waals surface area contributed by atoms with Crippen LogP contribution in [0.25, 0.3) is 0 Å². The molecule has 0 N–H and O–H groups in total. The van der Waals surface area contributed by atoms with Gasteiger partial charge >= 0.3 is 0 Å². The van der Waals surface area contributed by atoms with Crippen molar-refractivity contribution in [2.45, 2.75) is 19.8 Å². The molecular weight excluding hydrogens is 284 g/mol. The van der Waals surface area contributed by atoms with Crippen molar-refractivity contribution in [2.24, 2.45) is 7.05 Å². The third-order valence-corrected chi connectivity index (χ3v) is 3.27. The van der Waals surface area contributed by atoms with E-state index in [1.807, 2.05) is 42.9 Å². The first-order chi connectivity index (χ1) is 10.2. The van der Waals surface area contributed by atoms with E-state index in [1.54, 1.807) is 6.20 Å². The molecule has 3 nitrogen and oxygen atoms in total. The smallest absolute Gasteiger partial charge is 0.134 e. The molecule has 0 atom stereocenters. The summed E-state index contributed by atoms with van der Waals surface area (Å²) < 4.78 is 7.86. The van der Waals surface area contributed by atoms with Gasteiger partial charge in [-0.3, -0.25) is 0 Å². The average Bonchev–Trinajstić information content (AvgIpc) is 2.87. The Kier molecular flexibility index (Phi) is 5.71. The Morgan fingerprint density at radius 3 is 2.95 bits per heavy atom. The van der Waals surface area contributed by atoms with Gasteiger partial charge in [-0.05, 0) is 24.6 Å². The van der Waals surface area contributed by atoms with Gasteiger partial charge in [0, 0.05) is 38.2 Å². The molecule has 0 unspecified atom stereocenters. The molecule has 0 aliphatic carbocycles. The number of rotatable bonds is 5. The van der Waals surface area contributed by atoms with Crippen LogP contribution in [0.3, 0.4) is 0 Å². The summed E-state index contributed by atoms with van der Waals surface area (Å²) in [5.41, 5.74) is 2.08. The summed E-state index contributed by atoms with van der Waals surface area (Å²) in [7, 11) is 1.98. The fraction of sp³-hybridized carbons (Fsp3) is 0.353. The molecular formula is C17H19ClN2O. The molecule has 110 valence electrons. The minimum atomic E-state index is 0.550. The topological polar surface area (TPSA) is 27.1 Å². The van der Waals surface area contributed by atoms with Crippen LogP contribution in [0.15, 0.2) is 30.6 Å². The maximum absolute atomic E-state index is 5.86. The van der Waals surface area contributed by atoms with Gasteiger partial charge in [0.15, 0.2) is 0 Å². The van der Waals surface area contributed by atoms with Crippen molar-refractivity contribution < 1.29 is 4.74 Å². The molecule has 2 rings (SSSR count). The monoisotopic (exact) mass is 302 g/mol. The summed E-state index contributed by atoms with van der Waals surface area (Å²) in [6.45, 7) is 2.63. The number of imidazole rings is 1. The summed E-state index contributed by atoms with van der Waals surface area (Å²) in [6, 6.07) is 6.04. The van der Waals surface area contributed by atoms with Gasteiger partial charge in [0.2, 0.25) is 0 Å². The van der Waals surface area contributed by atoms with E-state index in [2.05, 4.69) is 16.8 Å². The van der Waals surface area contributed by atoms with Crippen molar-refractivity contribution in [3.8, 4) is 17.6 Å². The molecule has 1 aromatic carbocycles. The van der Waals surface area contributed by atoms with E-state index < -0.39 is 0 Å². The molecule has 21 heavy (non-hydrogen) atoms. The predicted molar refractivity (Wildman–Crippen MR) is 85.8 cm³/mol. The van der Waals surface area contributed by atoms with Crippen molar-refractivity contribution >= 4 is 11.6 Å². The number of hydrogen-bond donors (Lipinski definition) is 0. The average molecular weight is 303 g/mol. The lowest BCUT2D eigenvalue weighted by molar-refractivity contribution is 0.316. The standard InChI is InChI=1S/C17H19ClN2O/c1-14-6-7-16(15(13-14)5-3-4-9-18)21-12-8-17-19-10-11-20(17)2/h6-7,10-11,13H,4,8-9,12H2,1-2H3. The highest BCUT2D eigenvalue weighted by Gasteiger charge is 2.04. The molecule has 2 aromatic rings. The molecule has 0 aliphatic heterocycles. The van der Waals surface area contributed by atoms with Gasteiger partial charge in [0.25, 0.3) is 0 Å². The number of ether oxygens (including phenoxy) is 1. The number of aromatic nitrogens is 2. The number of nitrogens with zero attached hydrogens (tertiary/aromatic N) is 2. The molecule has 4 heteroatoms. The van der Waals surface area contributed by atoms with Crippen LogP contribution in [-0.2, 0) is 13.5 Å². The SMILES string of the molecule is Cc1ccc(OCCc2nccn2C)c(C#CCCCl)c1. The lowest BCUT2D eigenvalue weighted by Crippen LogP contribution is -2.07. The minimum Gasteiger partial charge on any atom is -0.492 e.